The van der Waals surface area contributed by atoms with E-state index in [-0.39, 0.29) is 0 Å². The number of nitrogens with one attached hydrogen (secondary N) is 1. The first-order chi connectivity index (χ1) is 8.24. The number of hydrogen-bond donors (Lipinski definition) is 1. The highest BCUT2D eigenvalue weighted by Gasteiger charge is 2.22. The van der Waals surface area contributed by atoms with Crippen LogP contribution in [0.5, 0.6) is 0 Å². The van der Waals surface area contributed by atoms with Crippen molar-refractivity contribution >= 4 is 0 Å². The zero-order valence-electron chi connectivity index (χ0n) is 12.0. The lowest BCUT2D eigenvalue weighted by Crippen LogP contribution is -2.39. The number of rotatable bonds is 9. The van der Waals surface area contributed by atoms with Gasteiger partial charge >= 0.3 is 0 Å². The van der Waals surface area contributed by atoms with Gasteiger partial charge in [0.1, 0.15) is 0 Å². The Balaban J connectivity index is 2.04. The third-order valence-electron chi connectivity index (χ3n) is 3.64. The first-order valence-electron chi connectivity index (χ1n) is 7.33. The van der Waals surface area contributed by atoms with E-state index in [2.05, 4.69) is 36.1 Å². The van der Waals surface area contributed by atoms with Crippen LogP contribution in [0, 0.1) is 0 Å². The number of likely N-dealkylation sites (tertiary alicyclic amines) is 1. The molecule has 102 valence electrons. The van der Waals surface area contributed by atoms with Crippen molar-refractivity contribution in [3.63, 3.8) is 0 Å². The van der Waals surface area contributed by atoms with Gasteiger partial charge in [0.25, 0.3) is 0 Å². The third kappa shape index (κ3) is 6.39. The van der Waals surface area contributed by atoms with Crippen LogP contribution in [0.2, 0.25) is 0 Å². The average Bonchev–Trinajstić information content (AvgIpc) is 2.73. The van der Waals surface area contributed by atoms with E-state index in [1.807, 2.05) is 0 Å². The van der Waals surface area contributed by atoms with E-state index in [4.69, 9.17) is 0 Å². The summed E-state index contributed by atoms with van der Waals surface area (Å²) in [5.41, 5.74) is 0. The molecule has 1 fully saturated rings. The Hall–Kier alpha value is -0.120. The van der Waals surface area contributed by atoms with Crippen LogP contribution >= 0.6 is 0 Å². The molecule has 0 unspecified atom stereocenters. The standard InChI is InChI=1S/C14H31N3/c1-4-5-11-17-12-6-8-14(17)13-15-9-7-10-16(2)3/h14-15H,4-13H2,1-3H3/t14-/m0/s1. The van der Waals surface area contributed by atoms with Gasteiger partial charge in [0.15, 0.2) is 0 Å². The van der Waals surface area contributed by atoms with Gasteiger partial charge in [-0.25, -0.2) is 0 Å². The maximum atomic E-state index is 3.62. The summed E-state index contributed by atoms with van der Waals surface area (Å²) in [5.74, 6) is 0. The molecule has 17 heavy (non-hydrogen) atoms. The molecule has 1 aliphatic heterocycles. The summed E-state index contributed by atoms with van der Waals surface area (Å²) in [6, 6.07) is 0.806. The van der Waals surface area contributed by atoms with Gasteiger partial charge in [0.2, 0.25) is 0 Å². The zero-order chi connectivity index (χ0) is 12.5. The second-order valence-electron chi connectivity index (χ2n) is 5.55. The predicted octanol–water partition coefficient (Wildman–Crippen LogP) is 1.79. The van der Waals surface area contributed by atoms with Crippen molar-refractivity contribution < 1.29 is 0 Å². The molecule has 0 aromatic carbocycles. The first kappa shape index (κ1) is 14.9. The van der Waals surface area contributed by atoms with Crippen LogP contribution in [0.4, 0.5) is 0 Å². The molecule has 0 amide bonds. The second-order valence-corrected chi connectivity index (χ2v) is 5.55. The molecule has 0 aromatic rings. The topological polar surface area (TPSA) is 18.5 Å². The van der Waals surface area contributed by atoms with E-state index in [0.29, 0.717) is 0 Å². The van der Waals surface area contributed by atoms with Gasteiger partial charge in [-0.2, -0.15) is 0 Å². The molecule has 0 bridgehead atoms. The highest BCUT2D eigenvalue weighted by atomic mass is 15.2. The lowest BCUT2D eigenvalue weighted by Gasteiger charge is -2.24. The fourth-order valence-electron chi connectivity index (χ4n) is 2.57. The van der Waals surface area contributed by atoms with E-state index < -0.39 is 0 Å². The van der Waals surface area contributed by atoms with E-state index in [9.17, 15) is 0 Å². The molecule has 1 aliphatic rings. The second kappa shape index (κ2) is 8.90. The van der Waals surface area contributed by atoms with Gasteiger partial charge in [-0.3, -0.25) is 4.90 Å². The average molecular weight is 241 g/mol. The normalized spacial score (nSPS) is 21.5. The molecule has 3 heteroatoms. The Kier molecular flexibility index (Phi) is 7.82. The summed E-state index contributed by atoms with van der Waals surface area (Å²) < 4.78 is 0. The zero-order valence-corrected chi connectivity index (χ0v) is 12.0. The van der Waals surface area contributed by atoms with Crippen LogP contribution in [0.3, 0.4) is 0 Å². The van der Waals surface area contributed by atoms with Crippen LogP contribution in [0.25, 0.3) is 0 Å². The van der Waals surface area contributed by atoms with Gasteiger partial charge in [-0.15, -0.1) is 0 Å². The SMILES string of the molecule is CCCCN1CCC[C@H]1CNCCCN(C)C. The minimum absolute atomic E-state index is 0.806. The fourth-order valence-corrected chi connectivity index (χ4v) is 2.57. The molecule has 1 atom stereocenters. The van der Waals surface area contributed by atoms with E-state index in [0.717, 1.165) is 12.6 Å². The number of nitrogens with zero attached hydrogens (tertiary/aromatic N) is 2. The molecule has 1 N–H and O–H groups in total. The molecular weight excluding hydrogens is 210 g/mol. The van der Waals surface area contributed by atoms with E-state index >= 15 is 0 Å². The van der Waals surface area contributed by atoms with Gasteiger partial charge in [0, 0.05) is 12.6 Å². The van der Waals surface area contributed by atoms with Crippen molar-refractivity contribution in [2.75, 3.05) is 46.8 Å². The highest BCUT2D eigenvalue weighted by molar-refractivity contribution is 4.80. The Morgan fingerprint density at radius 2 is 2.12 bits per heavy atom. The maximum Gasteiger partial charge on any atom is 0.0221 e. The third-order valence-corrected chi connectivity index (χ3v) is 3.64. The van der Waals surface area contributed by atoms with Crippen LogP contribution < -0.4 is 5.32 Å². The summed E-state index contributed by atoms with van der Waals surface area (Å²) in [4.78, 5) is 4.94. The molecule has 0 spiro atoms. The minimum atomic E-state index is 0.806. The van der Waals surface area contributed by atoms with Crippen molar-refractivity contribution in [2.45, 2.75) is 45.1 Å². The fraction of sp³-hybridized carbons (Fsp3) is 1.00. The largest absolute Gasteiger partial charge is 0.315 e. The Morgan fingerprint density at radius 3 is 2.82 bits per heavy atom. The Morgan fingerprint density at radius 1 is 1.29 bits per heavy atom. The molecule has 1 saturated heterocycles. The van der Waals surface area contributed by atoms with E-state index in [1.54, 1.807) is 0 Å². The summed E-state index contributed by atoms with van der Waals surface area (Å²) in [6.07, 6.45) is 6.73. The minimum Gasteiger partial charge on any atom is -0.315 e. The van der Waals surface area contributed by atoms with Crippen molar-refractivity contribution in [1.29, 1.82) is 0 Å². The molecular formula is C14H31N3. The van der Waals surface area contributed by atoms with E-state index in [1.165, 1.54) is 58.3 Å². The quantitative estimate of drug-likeness (QED) is 0.621. The predicted molar refractivity (Wildman–Crippen MR) is 75.5 cm³/mol. The summed E-state index contributed by atoms with van der Waals surface area (Å²) in [7, 11) is 4.28. The van der Waals surface area contributed by atoms with Crippen LogP contribution in [0.1, 0.15) is 39.0 Å². The summed E-state index contributed by atoms with van der Waals surface area (Å²) in [6.45, 7) is 8.46. The van der Waals surface area contributed by atoms with Crippen molar-refractivity contribution in [3.05, 3.63) is 0 Å². The monoisotopic (exact) mass is 241 g/mol. The van der Waals surface area contributed by atoms with Crippen molar-refractivity contribution in [2.24, 2.45) is 0 Å². The molecule has 1 rings (SSSR count). The molecule has 1 heterocycles. The van der Waals surface area contributed by atoms with Crippen LogP contribution in [0.15, 0.2) is 0 Å². The Bertz CT molecular complexity index is 182. The van der Waals surface area contributed by atoms with Crippen LogP contribution in [-0.2, 0) is 0 Å². The smallest absolute Gasteiger partial charge is 0.0221 e. The summed E-state index contributed by atoms with van der Waals surface area (Å²) >= 11 is 0. The van der Waals surface area contributed by atoms with Gasteiger partial charge in [-0.05, 0) is 66.0 Å². The Labute approximate surface area is 108 Å². The van der Waals surface area contributed by atoms with Gasteiger partial charge < -0.3 is 10.2 Å². The lowest BCUT2D eigenvalue weighted by atomic mass is 10.2. The summed E-state index contributed by atoms with van der Waals surface area (Å²) in [5, 5.41) is 3.62. The molecule has 0 radical (unpaired) electrons. The number of hydrogen-bond acceptors (Lipinski definition) is 3. The molecule has 3 nitrogen and oxygen atoms in total. The molecule has 0 aliphatic carbocycles. The first-order valence-corrected chi connectivity index (χ1v) is 7.33. The number of unbranched alkanes of at least 4 members (excludes halogenated alkanes) is 1. The molecule has 0 saturated carbocycles. The van der Waals surface area contributed by atoms with Crippen LogP contribution in [-0.4, -0.2) is 62.7 Å². The van der Waals surface area contributed by atoms with Crippen molar-refractivity contribution in [3.8, 4) is 0 Å². The van der Waals surface area contributed by atoms with Gasteiger partial charge in [0.05, 0.1) is 0 Å². The van der Waals surface area contributed by atoms with Gasteiger partial charge in [-0.1, -0.05) is 13.3 Å². The lowest BCUT2D eigenvalue weighted by molar-refractivity contribution is 0.243. The highest BCUT2D eigenvalue weighted by Crippen LogP contribution is 2.16. The molecule has 0 aromatic heterocycles. The van der Waals surface area contributed by atoms with Crippen molar-refractivity contribution in [1.82, 2.24) is 15.1 Å². The maximum absolute atomic E-state index is 3.62.